The Bertz CT molecular complexity index is 1020. The SMILES string of the molecule is COc1ccc(NC(=O)[C@@H](C)OC(=O)Cc2csc(-c3ccccn3)n2)cc1OC. The number of ether oxygens (including phenoxy) is 3. The highest BCUT2D eigenvalue weighted by Crippen LogP contribution is 2.29. The Morgan fingerprint density at radius 3 is 2.63 bits per heavy atom. The van der Waals surface area contributed by atoms with Crippen LogP contribution in [0, 0.1) is 0 Å². The fraction of sp³-hybridized carbons (Fsp3) is 0.238. The number of pyridine rings is 1. The summed E-state index contributed by atoms with van der Waals surface area (Å²) >= 11 is 1.40. The van der Waals surface area contributed by atoms with Crippen molar-refractivity contribution >= 4 is 28.9 Å². The quantitative estimate of drug-likeness (QED) is 0.551. The maximum Gasteiger partial charge on any atom is 0.312 e. The van der Waals surface area contributed by atoms with Gasteiger partial charge in [-0.15, -0.1) is 11.3 Å². The van der Waals surface area contributed by atoms with E-state index in [0.717, 1.165) is 10.7 Å². The molecular weight excluding hydrogens is 406 g/mol. The van der Waals surface area contributed by atoms with E-state index in [1.807, 2.05) is 18.2 Å². The van der Waals surface area contributed by atoms with Gasteiger partial charge in [-0.05, 0) is 31.2 Å². The van der Waals surface area contributed by atoms with E-state index in [-0.39, 0.29) is 6.42 Å². The second-order valence-electron chi connectivity index (χ2n) is 6.23. The molecular formula is C21H21N3O5S. The molecule has 156 valence electrons. The molecule has 1 amide bonds. The van der Waals surface area contributed by atoms with Crippen LogP contribution in [0.1, 0.15) is 12.6 Å². The van der Waals surface area contributed by atoms with Crippen LogP contribution in [0.4, 0.5) is 5.69 Å². The third-order valence-electron chi connectivity index (χ3n) is 4.09. The van der Waals surface area contributed by atoms with Crippen LogP contribution in [0.15, 0.2) is 48.0 Å². The second-order valence-corrected chi connectivity index (χ2v) is 7.08. The number of benzene rings is 1. The molecule has 0 bridgehead atoms. The second kappa shape index (κ2) is 9.84. The zero-order valence-electron chi connectivity index (χ0n) is 16.7. The smallest absolute Gasteiger partial charge is 0.312 e. The first-order chi connectivity index (χ1) is 14.5. The van der Waals surface area contributed by atoms with Gasteiger partial charge in [0.05, 0.1) is 32.0 Å². The van der Waals surface area contributed by atoms with Crippen LogP contribution in [0.2, 0.25) is 0 Å². The molecule has 0 fully saturated rings. The molecule has 0 radical (unpaired) electrons. The van der Waals surface area contributed by atoms with E-state index in [1.54, 1.807) is 29.8 Å². The summed E-state index contributed by atoms with van der Waals surface area (Å²) in [5.74, 6) is 0.0290. The number of thiazole rings is 1. The van der Waals surface area contributed by atoms with E-state index in [9.17, 15) is 9.59 Å². The lowest BCUT2D eigenvalue weighted by atomic mass is 10.2. The van der Waals surface area contributed by atoms with E-state index >= 15 is 0 Å². The number of rotatable bonds is 8. The van der Waals surface area contributed by atoms with Gasteiger partial charge in [0.25, 0.3) is 5.91 Å². The van der Waals surface area contributed by atoms with Gasteiger partial charge in [0.2, 0.25) is 0 Å². The van der Waals surface area contributed by atoms with Gasteiger partial charge in [-0.2, -0.15) is 0 Å². The van der Waals surface area contributed by atoms with Gasteiger partial charge < -0.3 is 19.5 Å². The van der Waals surface area contributed by atoms with E-state index < -0.39 is 18.0 Å². The average molecular weight is 427 g/mol. The number of nitrogens with zero attached hydrogens (tertiary/aromatic N) is 2. The minimum absolute atomic E-state index is 0.0304. The maximum absolute atomic E-state index is 12.4. The van der Waals surface area contributed by atoms with Crippen molar-refractivity contribution in [2.75, 3.05) is 19.5 Å². The molecule has 9 heteroatoms. The third-order valence-corrected chi connectivity index (χ3v) is 5.00. The summed E-state index contributed by atoms with van der Waals surface area (Å²) in [5.41, 5.74) is 1.81. The van der Waals surface area contributed by atoms with E-state index in [0.29, 0.717) is 22.9 Å². The van der Waals surface area contributed by atoms with Crippen LogP contribution in [0.3, 0.4) is 0 Å². The predicted octanol–water partition coefficient (Wildman–Crippen LogP) is 3.34. The van der Waals surface area contributed by atoms with Crippen LogP contribution in [-0.4, -0.2) is 42.2 Å². The molecule has 0 unspecified atom stereocenters. The molecule has 0 saturated heterocycles. The molecule has 2 aromatic heterocycles. The number of nitrogens with one attached hydrogen (secondary N) is 1. The van der Waals surface area contributed by atoms with Crippen LogP contribution < -0.4 is 14.8 Å². The molecule has 0 aliphatic heterocycles. The van der Waals surface area contributed by atoms with Crippen molar-refractivity contribution in [3.05, 3.63) is 53.7 Å². The summed E-state index contributed by atoms with van der Waals surface area (Å²) in [6.07, 6.45) is 0.681. The zero-order valence-corrected chi connectivity index (χ0v) is 17.6. The molecule has 3 aromatic rings. The Kier molecular flexibility index (Phi) is 6.97. The van der Waals surface area contributed by atoms with Crippen molar-refractivity contribution in [3.8, 4) is 22.2 Å². The van der Waals surface area contributed by atoms with Crippen LogP contribution >= 0.6 is 11.3 Å². The fourth-order valence-electron chi connectivity index (χ4n) is 2.59. The molecule has 2 heterocycles. The fourth-order valence-corrected chi connectivity index (χ4v) is 3.39. The van der Waals surface area contributed by atoms with Gasteiger partial charge in [0, 0.05) is 23.3 Å². The third kappa shape index (κ3) is 5.32. The molecule has 0 spiro atoms. The van der Waals surface area contributed by atoms with E-state index in [4.69, 9.17) is 14.2 Å². The average Bonchev–Trinajstić information content (AvgIpc) is 3.22. The van der Waals surface area contributed by atoms with Crippen LogP contribution in [-0.2, 0) is 20.7 Å². The highest BCUT2D eigenvalue weighted by molar-refractivity contribution is 7.13. The largest absolute Gasteiger partial charge is 0.493 e. The number of carbonyl (C=O) groups is 2. The lowest BCUT2D eigenvalue weighted by molar-refractivity contribution is -0.152. The molecule has 3 rings (SSSR count). The van der Waals surface area contributed by atoms with Crippen molar-refractivity contribution in [2.24, 2.45) is 0 Å². The number of carbonyl (C=O) groups excluding carboxylic acids is 2. The van der Waals surface area contributed by atoms with E-state index in [1.165, 1.54) is 32.5 Å². The summed E-state index contributed by atoms with van der Waals surface area (Å²) in [7, 11) is 3.03. The molecule has 8 nitrogen and oxygen atoms in total. The van der Waals surface area contributed by atoms with Crippen LogP contribution in [0.25, 0.3) is 10.7 Å². The van der Waals surface area contributed by atoms with Gasteiger partial charge in [-0.25, -0.2) is 4.98 Å². The first-order valence-electron chi connectivity index (χ1n) is 9.08. The van der Waals surface area contributed by atoms with E-state index in [2.05, 4.69) is 15.3 Å². The number of anilines is 1. The molecule has 0 aliphatic rings. The van der Waals surface area contributed by atoms with Crippen molar-refractivity contribution in [1.29, 1.82) is 0 Å². The van der Waals surface area contributed by atoms with Gasteiger partial charge in [-0.1, -0.05) is 6.07 Å². The molecule has 1 atom stereocenters. The zero-order chi connectivity index (χ0) is 21.5. The molecule has 1 aromatic carbocycles. The monoisotopic (exact) mass is 427 g/mol. The van der Waals surface area contributed by atoms with Crippen molar-refractivity contribution in [3.63, 3.8) is 0 Å². The molecule has 0 aliphatic carbocycles. The lowest BCUT2D eigenvalue weighted by Crippen LogP contribution is -2.30. The normalized spacial score (nSPS) is 11.4. The van der Waals surface area contributed by atoms with Crippen molar-refractivity contribution in [2.45, 2.75) is 19.4 Å². The number of methoxy groups -OCH3 is 2. The van der Waals surface area contributed by atoms with Gasteiger partial charge in [0.15, 0.2) is 17.6 Å². The summed E-state index contributed by atoms with van der Waals surface area (Å²) in [6.45, 7) is 1.51. The number of aromatic nitrogens is 2. The Hall–Kier alpha value is -3.46. The Balaban J connectivity index is 1.55. The summed E-state index contributed by atoms with van der Waals surface area (Å²) in [4.78, 5) is 33.2. The minimum atomic E-state index is -0.973. The van der Waals surface area contributed by atoms with Crippen molar-refractivity contribution in [1.82, 2.24) is 9.97 Å². The Morgan fingerprint density at radius 1 is 1.13 bits per heavy atom. The number of esters is 1. The molecule has 1 N–H and O–H groups in total. The van der Waals surface area contributed by atoms with Gasteiger partial charge in [-0.3, -0.25) is 14.6 Å². The Labute approximate surface area is 177 Å². The Morgan fingerprint density at radius 2 is 1.93 bits per heavy atom. The lowest BCUT2D eigenvalue weighted by Gasteiger charge is -2.14. The van der Waals surface area contributed by atoms with Crippen LogP contribution in [0.5, 0.6) is 11.5 Å². The topological polar surface area (TPSA) is 99.6 Å². The maximum atomic E-state index is 12.4. The first kappa shape index (κ1) is 21.3. The van der Waals surface area contributed by atoms with Gasteiger partial charge >= 0.3 is 5.97 Å². The minimum Gasteiger partial charge on any atom is -0.493 e. The van der Waals surface area contributed by atoms with Gasteiger partial charge in [0.1, 0.15) is 5.01 Å². The molecule has 0 saturated carbocycles. The number of hydrogen-bond acceptors (Lipinski definition) is 8. The summed E-state index contributed by atoms with van der Waals surface area (Å²) < 4.78 is 15.6. The number of hydrogen-bond donors (Lipinski definition) is 1. The van der Waals surface area contributed by atoms with Crippen molar-refractivity contribution < 1.29 is 23.8 Å². The number of amides is 1. The summed E-state index contributed by atoms with van der Waals surface area (Å²) in [5, 5.41) is 5.19. The standard InChI is InChI=1S/C21H21N3O5S/c1-13(20(26)23-14-7-8-17(27-2)18(10-14)28-3)29-19(25)11-15-12-30-21(24-15)16-6-4-5-9-22-16/h4-10,12-13H,11H2,1-3H3,(H,23,26)/t13-/m1/s1. The summed E-state index contributed by atoms with van der Waals surface area (Å²) in [6, 6.07) is 10.5. The highest BCUT2D eigenvalue weighted by Gasteiger charge is 2.20. The predicted molar refractivity (Wildman–Crippen MR) is 113 cm³/mol. The first-order valence-corrected chi connectivity index (χ1v) is 9.96. The highest BCUT2D eigenvalue weighted by atomic mass is 32.1. The molecule has 30 heavy (non-hydrogen) atoms.